The molecule has 1 saturated heterocycles. The summed E-state index contributed by atoms with van der Waals surface area (Å²) >= 11 is 5.81. The average molecular weight is 434 g/mol. The zero-order chi connectivity index (χ0) is 21.4. The minimum Gasteiger partial charge on any atom is -0.352 e. The zero-order valence-electron chi connectivity index (χ0n) is 16.9. The van der Waals surface area contributed by atoms with Crippen LogP contribution in [0.4, 0.5) is 5.69 Å². The summed E-state index contributed by atoms with van der Waals surface area (Å²) in [5, 5.41) is 15.4. The summed E-state index contributed by atoms with van der Waals surface area (Å²) in [5.41, 5.74) is 3.00. The second-order valence-electron chi connectivity index (χ2n) is 8.05. The fraction of sp³-hybridized carbons (Fsp3) is 0.304. The van der Waals surface area contributed by atoms with E-state index in [4.69, 9.17) is 12.2 Å². The Labute approximate surface area is 185 Å². The van der Waals surface area contributed by atoms with Gasteiger partial charge in [-0.3, -0.25) is 15.1 Å². The highest BCUT2D eigenvalue weighted by Crippen LogP contribution is 2.43. The Kier molecular flexibility index (Phi) is 5.15. The monoisotopic (exact) mass is 433 g/mol. The first-order valence-corrected chi connectivity index (χ1v) is 11.0. The molecule has 2 atom stereocenters. The summed E-state index contributed by atoms with van der Waals surface area (Å²) < 4.78 is 2.10. The number of nitro groups is 1. The SMILES string of the molecule is O=[N+]([O-])c1ccc(-n2cccc2[C@@H]2[C@H](c3ccccn3)NC(=S)N2C2CCCC2)cc1. The zero-order valence-corrected chi connectivity index (χ0v) is 17.7. The van der Waals surface area contributed by atoms with Gasteiger partial charge in [0.05, 0.1) is 22.7 Å². The highest BCUT2D eigenvalue weighted by Gasteiger charge is 2.44. The number of nitrogens with one attached hydrogen (secondary N) is 1. The second-order valence-corrected chi connectivity index (χ2v) is 8.44. The van der Waals surface area contributed by atoms with E-state index in [1.54, 1.807) is 24.3 Å². The lowest BCUT2D eigenvalue weighted by atomic mass is 9.99. The third-order valence-electron chi connectivity index (χ3n) is 6.28. The van der Waals surface area contributed by atoms with Crippen LogP contribution in [0.2, 0.25) is 0 Å². The van der Waals surface area contributed by atoms with Gasteiger partial charge in [0.1, 0.15) is 0 Å². The Morgan fingerprint density at radius 3 is 2.52 bits per heavy atom. The van der Waals surface area contributed by atoms with Gasteiger partial charge in [-0.1, -0.05) is 18.9 Å². The van der Waals surface area contributed by atoms with Crippen LogP contribution < -0.4 is 5.32 Å². The van der Waals surface area contributed by atoms with E-state index in [1.165, 1.54) is 12.8 Å². The van der Waals surface area contributed by atoms with Crippen molar-refractivity contribution in [1.29, 1.82) is 0 Å². The van der Waals surface area contributed by atoms with E-state index in [-0.39, 0.29) is 22.7 Å². The maximum atomic E-state index is 11.1. The number of aromatic nitrogens is 2. The number of thiocarbonyl (C=S) groups is 1. The van der Waals surface area contributed by atoms with Crippen LogP contribution in [0.3, 0.4) is 0 Å². The normalized spacial score (nSPS) is 21.4. The van der Waals surface area contributed by atoms with Crippen molar-refractivity contribution in [2.45, 2.75) is 43.8 Å². The van der Waals surface area contributed by atoms with Crippen LogP contribution in [0.25, 0.3) is 5.69 Å². The van der Waals surface area contributed by atoms with Crippen molar-refractivity contribution in [3.63, 3.8) is 0 Å². The first kappa shape index (κ1) is 19.7. The summed E-state index contributed by atoms with van der Waals surface area (Å²) in [5.74, 6) is 0. The quantitative estimate of drug-likeness (QED) is 0.357. The van der Waals surface area contributed by atoms with Gasteiger partial charge in [0.25, 0.3) is 5.69 Å². The molecule has 2 aliphatic rings. The molecule has 0 spiro atoms. The van der Waals surface area contributed by atoms with E-state index in [0.29, 0.717) is 6.04 Å². The fourth-order valence-electron chi connectivity index (χ4n) is 4.86. The van der Waals surface area contributed by atoms with Crippen molar-refractivity contribution in [3.8, 4) is 5.69 Å². The number of rotatable bonds is 5. The molecule has 2 fully saturated rings. The molecule has 7 nitrogen and oxygen atoms in total. The van der Waals surface area contributed by atoms with E-state index in [1.807, 2.05) is 36.7 Å². The molecular formula is C23H23N5O2S. The molecule has 1 aromatic carbocycles. The number of nitro benzene ring substituents is 1. The molecule has 8 heteroatoms. The summed E-state index contributed by atoms with van der Waals surface area (Å²) in [6.07, 6.45) is 8.50. The highest BCUT2D eigenvalue weighted by atomic mass is 32.1. The second kappa shape index (κ2) is 8.11. The van der Waals surface area contributed by atoms with Crippen LogP contribution in [-0.4, -0.2) is 30.5 Å². The summed E-state index contributed by atoms with van der Waals surface area (Å²) in [6, 6.07) is 17.1. The molecule has 158 valence electrons. The highest BCUT2D eigenvalue weighted by molar-refractivity contribution is 7.80. The molecule has 0 unspecified atom stereocenters. The summed E-state index contributed by atoms with van der Waals surface area (Å²) in [7, 11) is 0. The Morgan fingerprint density at radius 2 is 1.84 bits per heavy atom. The van der Waals surface area contributed by atoms with Crippen molar-refractivity contribution < 1.29 is 4.92 Å². The van der Waals surface area contributed by atoms with Crippen molar-refractivity contribution in [1.82, 2.24) is 19.8 Å². The van der Waals surface area contributed by atoms with Crippen LogP contribution in [0, 0.1) is 10.1 Å². The largest absolute Gasteiger partial charge is 0.352 e. The average Bonchev–Trinajstić information content (AvgIpc) is 3.54. The van der Waals surface area contributed by atoms with E-state index in [2.05, 4.69) is 25.8 Å². The lowest BCUT2D eigenvalue weighted by molar-refractivity contribution is -0.384. The molecule has 3 aromatic rings. The van der Waals surface area contributed by atoms with Gasteiger partial charge in [-0.15, -0.1) is 0 Å². The Bertz CT molecular complexity index is 1090. The number of pyridine rings is 1. The van der Waals surface area contributed by atoms with Gasteiger partial charge in [0, 0.05) is 41.9 Å². The molecule has 5 rings (SSSR count). The van der Waals surface area contributed by atoms with Crippen molar-refractivity contribution in [2.24, 2.45) is 0 Å². The topological polar surface area (TPSA) is 76.2 Å². The number of hydrogen-bond donors (Lipinski definition) is 1. The smallest absolute Gasteiger partial charge is 0.269 e. The van der Waals surface area contributed by atoms with E-state index < -0.39 is 0 Å². The number of hydrogen-bond acceptors (Lipinski definition) is 4. The number of nitrogens with zero attached hydrogens (tertiary/aromatic N) is 4. The van der Waals surface area contributed by atoms with Crippen LogP contribution in [0.15, 0.2) is 67.0 Å². The molecule has 1 N–H and O–H groups in total. The predicted octanol–water partition coefficient (Wildman–Crippen LogP) is 4.70. The minimum atomic E-state index is -0.376. The molecule has 1 aliphatic heterocycles. The van der Waals surface area contributed by atoms with E-state index in [9.17, 15) is 10.1 Å². The molecule has 0 bridgehead atoms. The summed E-state index contributed by atoms with van der Waals surface area (Å²) in [6.45, 7) is 0. The molecule has 1 aliphatic carbocycles. The predicted molar refractivity (Wildman–Crippen MR) is 122 cm³/mol. The van der Waals surface area contributed by atoms with Gasteiger partial charge in [-0.25, -0.2) is 0 Å². The lowest BCUT2D eigenvalue weighted by Gasteiger charge is -2.33. The molecule has 0 amide bonds. The van der Waals surface area contributed by atoms with Crippen LogP contribution in [0.5, 0.6) is 0 Å². The molecular weight excluding hydrogens is 410 g/mol. The first-order chi connectivity index (χ1) is 15.1. The lowest BCUT2D eigenvalue weighted by Crippen LogP contribution is -2.38. The molecule has 1 saturated carbocycles. The van der Waals surface area contributed by atoms with Gasteiger partial charge >= 0.3 is 0 Å². The van der Waals surface area contributed by atoms with Crippen molar-refractivity contribution >= 4 is 23.0 Å². The van der Waals surface area contributed by atoms with Crippen LogP contribution in [0.1, 0.15) is 49.2 Å². The maximum absolute atomic E-state index is 11.1. The maximum Gasteiger partial charge on any atom is 0.269 e. The molecule has 0 radical (unpaired) electrons. The van der Waals surface area contributed by atoms with Crippen molar-refractivity contribution in [2.75, 3.05) is 0 Å². The molecule has 2 aromatic heterocycles. The first-order valence-electron chi connectivity index (χ1n) is 10.6. The Balaban J connectivity index is 1.59. The number of benzene rings is 1. The standard InChI is InChI=1S/C23H23N5O2S/c29-28(30)18-12-10-16(11-13-18)26-15-5-9-20(26)22-21(19-8-3-4-14-24-19)25-23(31)27(22)17-6-1-2-7-17/h3-5,8-15,17,21-22H,1-2,6-7H2,(H,25,31)/t21-,22+/m0/s1. The van der Waals surface area contributed by atoms with Gasteiger partial charge in [-0.2, -0.15) is 0 Å². The Hall–Kier alpha value is -3.26. The Morgan fingerprint density at radius 1 is 1.06 bits per heavy atom. The third-order valence-corrected chi connectivity index (χ3v) is 6.60. The van der Waals surface area contributed by atoms with E-state index in [0.717, 1.165) is 35.0 Å². The van der Waals surface area contributed by atoms with Gasteiger partial charge in [0.2, 0.25) is 0 Å². The van der Waals surface area contributed by atoms with Gasteiger partial charge in [0.15, 0.2) is 5.11 Å². The van der Waals surface area contributed by atoms with Gasteiger partial charge < -0.3 is 14.8 Å². The molecule has 3 heterocycles. The minimum absolute atomic E-state index is 0.0179. The number of non-ortho nitro benzene ring substituents is 1. The fourth-order valence-corrected chi connectivity index (χ4v) is 5.25. The van der Waals surface area contributed by atoms with Crippen LogP contribution >= 0.6 is 12.2 Å². The van der Waals surface area contributed by atoms with Gasteiger partial charge in [-0.05, 0) is 61.5 Å². The van der Waals surface area contributed by atoms with Crippen molar-refractivity contribution in [3.05, 3.63) is 88.5 Å². The summed E-state index contributed by atoms with van der Waals surface area (Å²) in [4.78, 5) is 17.7. The van der Waals surface area contributed by atoms with E-state index >= 15 is 0 Å². The molecule has 31 heavy (non-hydrogen) atoms. The third kappa shape index (κ3) is 3.57. The van der Waals surface area contributed by atoms with Crippen LogP contribution in [-0.2, 0) is 0 Å².